The third kappa shape index (κ3) is 4.51. The molecule has 1 fully saturated rings. The van der Waals surface area contributed by atoms with Crippen molar-refractivity contribution in [1.82, 2.24) is 5.32 Å². The molecule has 1 aliphatic rings. The lowest BCUT2D eigenvalue weighted by Crippen LogP contribution is -2.42. The molecule has 1 N–H and O–H groups in total. The van der Waals surface area contributed by atoms with E-state index >= 15 is 0 Å². The Balaban J connectivity index is 1.95. The van der Waals surface area contributed by atoms with Crippen LogP contribution < -0.4 is 5.32 Å². The minimum absolute atomic E-state index is 0.668. The average molecular weight is 293 g/mol. The molecule has 1 saturated carbocycles. The first-order valence-electron chi connectivity index (χ1n) is 7.74. The van der Waals surface area contributed by atoms with Gasteiger partial charge in [0.2, 0.25) is 0 Å². The summed E-state index contributed by atoms with van der Waals surface area (Å²) in [6, 6.07) is 11.7. The molecule has 20 heavy (non-hydrogen) atoms. The zero-order chi connectivity index (χ0) is 14.2. The van der Waals surface area contributed by atoms with Gasteiger partial charge in [-0.05, 0) is 37.3 Å². The van der Waals surface area contributed by atoms with Gasteiger partial charge in [0.05, 0.1) is 6.61 Å². The average Bonchev–Trinajstić information content (AvgIpc) is 2.50. The van der Waals surface area contributed by atoms with E-state index in [4.69, 9.17) is 4.74 Å². The number of benzene rings is 1. The van der Waals surface area contributed by atoms with Crippen LogP contribution in [0.2, 0.25) is 0 Å². The number of hydrogen-bond donors (Lipinski definition) is 1. The van der Waals surface area contributed by atoms with Gasteiger partial charge in [0, 0.05) is 24.2 Å². The molecule has 3 unspecified atom stereocenters. The largest absolute Gasteiger partial charge is 0.384 e. The molecule has 0 bridgehead atoms. The lowest BCUT2D eigenvalue weighted by atomic mass is 9.81. The highest BCUT2D eigenvalue weighted by Gasteiger charge is 2.30. The maximum Gasteiger partial charge on any atom is 0.0553 e. The van der Waals surface area contributed by atoms with E-state index in [2.05, 4.69) is 54.3 Å². The Morgan fingerprint density at radius 1 is 1.25 bits per heavy atom. The Kier molecular flexibility index (Phi) is 6.91. The molecule has 0 aromatic heterocycles. The van der Waals surface area contributed by atoms with Crippen LogP contribution in [0.3, 0.4) is 0 Å². The SMILES string of the molecule is CCNC1CCC(c2ccccc2)CC1SCCOC. The van der Waals surface area contributed by atoms with Crippen molar-refractivity contribution in [3.05, 3.63) is 35.9 Å². The van der Waals surface area contributed by atoms with Gasteiger partial charge in [0.1, 0.15) is 0 Å². The van der Waals surface area contributed by atoms with Crippen molar-refractivity contribution >= 4 is 11.8 Å². The zero-order valence-corrected chi connectivity index (χ0v) is 13.5. The van der Waals surface area contributed by atoms with Gasteiger partial charge in [-0.3, -0.25) is 0 Å². The molecule has 0 spiro atoms. The summed E-state index contributed by atoms with van der Waals surface area (Å²) in [6.07, 6.45) is 3.89. The van der Waals surface area contributed by atoms with Crippen molar-refractivity contribution in [2.24, 2.45) is 0 Å². The molecule has 0 saturated heterocycles. The molecule has 3 heteroatoms. The number of rotatable bonds is 7. The van der Waals surface area contributed by atoms with E-state index in [1.54, 1.807) is 7.11 Å². The number of nitrogens with one attached hydrogen (secondary N) is 1. The van der Waals surface area contributed by atoms with Crippen molar-refractivity contribution in [2.45, 2.75) is 43.4 Å². The monoisotopic (exact) mass is 293 g/mol. The van der Waals surface area contributed by atoms with E-state index in [1.807, 2.05) is 0 Å². The van der Waals surface area contributed by atoms with Crippen molar-refractivity contribution < 1.29 is 4.74 Å². The number of methoxy groups -OCH3 is 1. The zero-order valence-electron chi connectivity index (χ0n) is 12.7. The third-order valence-electron chi connectivity index (χ3n) is 4.15. The fourth-order valence-corrected chi connectivity index (χ4v) is 4.52. The van der Waals surface area contributed by atoms with Crippen LogP contribution in [0, 0.1) is 0 Å². The fourth-order valence-electron chi connectivity index (χ4n) is 3.12. The van der Waals surface area contributed by atoms with E-state index < -0.39 is 0 Å². The summed E-state index contributed by atoms with van der Waals surface area (Å²) >= 11 is 2.08. The van der Waals surface area contributed by atoms with E-state index in [0.29, 0.717) is 11.3 Å². The highest BCUT2D eigenvalue weighted by atomic mass is 32.2. The van der Waals surface area contributed by atoms with Gasteiger partial charge >= 0.3 is 0 Å². The lowest BCUT2D eigenvalue weighted by molar-refractivity contribution is 0.218. The molecule has 1 aliphatic carbocycles. The maximum absolute atomic E-state index is 5.20. The molecule has 0 amide bonds. The van der Waals surface area contributed by atoms with Crippen LogP contribution in [0.5, 0.6) is 0 Å². The summed E-state index contributed by atoms with van der Waals surface area (Å²) < 4.78 is 5.20. The quantitative estimate of drug-likeness (QED) is 0.775. The predicted octanol–water partition coefficient (Wildman–Crippen LogP) is 3.68. The molecule has 0 heterocycles. The summed E-state index contributed by atoms with van der Waals surface area (Å²) in [6.45, 7) is 4.14. The van der Waals surface area contributed by atoms with E-state index in [0.717, 1.165) is 24.8 Å². The summed E-state index contributed by atoms with van der Waals surface area (Å²) in [5.41, 5.74) is 1.51. The van der Waals surface area contributed by atoms with Crippen LogP contribution in [-0.4, -0.2) is 37.3 Å². The molecule has 2 nitrogen and oxygen atoms in total. The first-order chi connectivity index (χ1) is 9.85. The third-order valence-corrected chi connectivity index (χ3v) is 5.50. The lowest BCUT2D eigenvalue weighted by Gasteiger charge is -2.36. The number of thioether (sulfide) groups is 1. The molecule has 112 valence electrons. The van der Waals surface area contributed by atoms with Crippen LogP contribution >= 0.6 is 11.8 Å². The fraction of sp³-hybridized carbons (Fsp3) is 0.647. The van der Waals surface area contributed by atoms with Crippen LogP contribution in [0.25, 0.3) is 0 Å². The van der Waals surface area contributed by atoms with Gasteiger partial charge in [-0.25, -0.2) is 0 Å². The number of hydrogen-bond acceptors (Lipinski definition) is 3. The minimum Gasteiger partial charge on any atom is -0.384 e. The van der Waals surface area contributed by atoms with Crippen LogP contribution in [0.4, 0.5) is 0 Å². The first kappa shape index (κ1) is 15.9. The highest BCUT2D eigenvalue weighted by Crippen LogP contribution is 2.38. The first-order valence-corrected chi connectivity index (χ1v) is 8.79. The summed E-state index contributed by atoms with van der Waals surface area (Å²) in [5, 5.41) is 4.38. The summed E-state index contributed by atoms with van der Waals surface area (Å²) in [5.74, 6) is 1.83. The Hall–Kier alpha value is -0.510. The maximum atomic E-state index is 5.20. The highest BCUT2D eigenvalue weighted by molar-refractivity contribution is 8.00. The topological polar surface area (TPSA) is 21.3 Å². The summed E-state index contributed by atoms with van der Waals surface area (Å²) in [4.78, 5) is 0. The second kappa shape index (κ2) is 8.71. The summed E-state index contributed by atoms with van der Waals surface area (Å²) in [7, 11) is 1.79. The second-order valence-electron chi connectivity index (χ2n) is 5.49. The Bertz CT molecular complexity index is 371. The van der Waals surface area contributed by atoms with Gasteiger partial charge in [-0.1, -0.05) is 37.3 Å². The Morgan fingerprint density at radius 3 is 2.75 bits per heavy atom. The Labute approximate surface area is 127 Å². The molecule has 1 aromatic rings. The molecular formula is C17H27NOS. The van der Waals surface area contributed by atoms with Crippen LogP contribution in [0.15, 0.2) is 30.3 Å². The molecule has 2 rings (SSSR count). The van der Waals surface area contributed by atoms with E-state index in [-0.39, 0.29) is 0 Å². The van der Waals surface area contributed by atoms with Gasteiger partial charge < -0.3 is 10.1 Å². The van der Waals surface area contributed by atoms with Gasteiger partial charge in [-0.15, -0.1) is 0 Å². The minimum atomic E-state index is 0.668. The number of ether oxygens (including phenoxy) is 1. The van der Waals surface area contributed by atoms with Gasteiger partial charge in [-0.2, -0.15) is 11.8 Å². The second-order valence-corrected chi connectivity index (χ2v) is 6.83. The molecule has 3 atom stereocenters. The van der Waals surface area contributed by atoms with Crippen molar-refractivity contribution in [2.75, 3.05) is 26.0 Å². The van der Waals surface area contributed by atoms with Gasteiger partial charge in [0.25, 0.3) is 0 Å². The van der Waals surface area contributed by atoms with Crippen molar-refractivity contribution in [3.8, 4) is 0 Å². The predicted molar refractivity (Wildman–Crippen MR) is 88.6 cm³/mol. The van der Waals surface area contributed by atoms with Crippen LogP contribution in [-0.2, 0) is 4.74 Å². The molecule has 0 radical (unpaired) electrons. The van der Waals surface area contributed by atoms with E-state index in [1.165, 1.54) is 24.8 Å². The van der Waals surface area contributed by atoms with Crippen molar-refractivity contribution in [1.29, 1.82) is 0 Å². The molecule has 1 aromatic carbocycles. The molecular weight excluding hydrogens is 266 g/mol. The Morgan fingerprint density at radius 2 is 2.05 bits per heavy atom. The van der Waals surface area contributed by atoms with Gasteiger partial charge in [0.15, 0.2) is 0 Å². The van der Waals surface area contributed by atoms with Crippen molar-refractivity contribution in [3.63, 3.8) is 0 Å². The van der Waals surface area contributed by atoms with Crippen LogP contribution in [0.1, 0.15) is 37.7 Å². The normalized spacial score (nSPS) is 26.6. The smallest absolute Gasteiger partial charge is 0.0553 e. The van der Waals surface area contributed by atoms with E-state index in [9.17, 15) is 0 Å². The standard InChI is InChI=1S/C17H27NOS/c1-3-18-16-10-9-15(14-7-5-4-6-8-14)13-17(16)20-12-11-19-2/h4-8,15-18H,3,9-13H2,1-2H3. The molecule has 0 aliphatic heterocycles.